The van der Waals surface area contributed by atoms with Crippen molar-refractivity contribution in [3.63, 3.8) is 0 Å². The first-order valence-corrected chi connectivity index (χ1v) is 6.59. The van der Waals surface area contributed by atoms with Crippen LogP contribution in [0.15, 0.2) is 22.8 Å². The summed E-state index contributed by atoms with van der Waals surface area (Å²) in [7, 11) is 0. The second-order valence-corrected chi connectivity index (χ2v) is 5.29. The number of amides is 1. The van der Waals surface area contributed by atoms with E-state index in [0.717, 1.165) is 30.4 Å². The van der Waals surface area contributed by atoms with E-state index < -0.39 is 0 Å². The van der Waals surface area contributed by atoms with Crippen molar-refractivity contribution < 1.29 is 4.79 Å². The number of pyridine rings is 1. The number of hydrogen-bond acceptors (Lipinski definition) is 3. The molecule has 0 saturated carbocycles. The van der Waals surface area contributed by atoms with Gasteiger partial charge in [-0.1, -0.05) is 6.92 Å². The lowest BCUT2D eigenvalue weighted by molar-refractivity contribution is -0.124. The molecule has 0 aliphatic carbocycles. The Morgan fingerprint density at radius 2 is 2.47 bits per heavy atom. The highest BCUT2D eigenvalue weighted by molar-refractivity contribution is 9.10. The first-order valence-electron chi connectivity index (χ1n) is 5.80. The fourth-order valence-electron chi connectivity index (χ4n) is 2.10. The third kappa shape index (κ3) is 2.66. The Balaban J connectivity index is 2.08. The van der Waals surface area contributed by atoms with Gasteiger partial charge >= 0.3 is 0 Å². The molecule has 17 heavy (non-hydrogen) atoms. The van der Waals surface area contributed by atoms with Crippen molar-refractivity contribution in [3.8, 4) is 0 Å². The number of nitrogens with zero attached hydrogens (tertiary/aromatic N) is 1. The van der Waals surface area contributed by atoms with E-state index in [-0.39, 0.29) is 11.3 Å². The standard InChI is InChI=1S/C12H16BrN3O/c1-2-12(5-6-14-8-12)11(17)16-10-4-3-9(13)7-15-10/h3-4,7,14H,2,5-6,8H2,1H3,(H,15,16,17). The molecule has 2 rings (SSSR count). The van der Waals surface area contributed by atoms with Crippen LogP contribution in [0.25, 0.3) is 0 Å². The van der Waals surface area contributed by atoms with Gasteiger partial charge in [-0.25, -0.2) is 4.98 Å². The molecule has 1 aromatic heterocycles. The maximum Gasteiger partial charge on any atom is 0.233 e. The van der Waals surface area contributed by atoms with E-state index in [1.165, 1.54) is 0 Å². The Hall–Kier alpha value is -0.940. The average Bonchev–Trinajstić information content (AvgIpc) is 2.82. The maximum atomic E-state index is 12.2. The second-order valence-electron chi connectivity index (χ2n) is 4.38. The molecule has 0 aromatic carbocycles. The van der Waals surface area contributed by atoms with Crippen molar-refractivity contribution in [2.45, 2.75) is 19.8 Å². The summed E-state index contributed by atoms with van der Waals surface area (Å²) in [4.78, 5) is 16.4. The van der Waals surface area contributed by atoms with E-state index in [1.807, 2.05) is 6.07 Å². The molecule has 1 amide bonds. The van der Waals surface area contributed by atoms with Gasteiger partial charge in [0.1, 0.15) is 5.82 Å². The highest BCUT2D eigenvalue weighted by Crippen LogP contribution is 2.30. The predicted octanol–water partition coefficient (Wildman–Crippen LogP) is 2.17. The van der Waals surface area contributed by atoms with Gasteiger partial charge in [0, 0.05) is 17.2 Å². The lowest BCUT2D eigenvalue weighted by Gasteiger charge is -2.24. The molecule has 1 aromatic rings. The highest BCUT2D eigenvalue weighted by Gasteiger charge is 2.39. The average molecular weight is 298 g/mol. The van der Waals surface area contributed by atoms with Crippen LogP contribution in [0.2, 0.25) is 0 Å². The van der Waals surface area contributed by atoms with Crippen LogP contribution in [0.3, 0.4) is 0 Å². The van der Waals surface area contributed by atoms with Crippen LogP contribution in [0.5, 0.6) is 0 Å². The zero-order valence-corrected chi connectivity index (χ0v) is 11.4. The summed E-state index contributed by atoms with van der Waals surface area (Å²) in [5.41, 5.74) is -0.269. The van der Waals surface area contributed by atoms with Gasteiger partial charge in [-0.15, -0.1) is 0 Å². The Morgan fingerprint density at radius 1 is 1.65 bits per heavy atom. The van der Waals surface area contributed by atoms with Gasteiger partial charge in [-0.05, 0) is 47.4 Å². The minimum absolute atomic E-state index is 0.0693. The van der Waals surface area contributed by atoms with Crippen molar-refractivity contribution in [2.24, 2.45) is 5.41 Å². The second kappa shape index (κ2) is 5.14. The van der Waals surface area contributed by atoms with Gasteiger partial charge < -0.3 is 10.6 Å². The third-order valence-corrected chi connectivity index (χ3v) is 3.84. The number of halogens is 1. The van der Waals surface area contributed by atoms with Gasteiger partial charge in [0.15, 0.2) is 0 Å². The monoisotopic (exact) mass is 297 g/mol. The van der Waals surface area contributed by atoms with Gasteiger partial charge in [0.25, 0.3) is 0 Å². The van der Waals surface area contributed by atoms with E-state index in [1.54, 1.807) is 12.3 Å². The molecule has 1 aliphatic rings. The SMILES string of the molecule is CCC1(C(=O)Nc2ccc(Br)cn2)CCNC1. The van der Waals surface area contributed by atoms with Gasteiger partial charge in [0.2, 0.25) is 5.91 Å². The molecular formula is C12H16BrN3O. The van der Waals surface area contributed by atoms with E-state index >= 15 is 0 Å². The van der Waals surface area contributed by atoms with Crippen molar-refractivity contribution in [1.29, 1.82) is 0 Å². The number of aromatic nitrogens is 1. The van der Waals surface area contributed by atoms with Gasteiger partial charge in [-0.3, -0.25) is 4.79 Å². The van der Waals surface area contributed by atoms with E-state index in [0.29, 0.717) is 5.82 Å². The molecule has 92 valence electrons. The zero-order chi connectivity index (χ0) is 12.3. The van der Waals surface area contributed by atoms with Crippen LogP contribution in [-0.4, -0.2) is 24.0 Å². The maximum absolute atomic E-state index is 12.2. The fourth-order valence-corrected chi connectivity index (χ4v) is 2.33. The summed E-state index contributed by atoms with van der Waals surface area (Å²) in [6.07, 6.45) is 3.43. The van der Waals surface area contributed by atoms with E-state index in [4.69, 9.17) is 0 Å². The number of hydrogen-bond donors (Lipinski definition) is 2. The van der Waals surface area contributed by atoms with Crippen LogP contribution >= 0.6 is 15.9 Å². The lowest BCUT2D eigenvalue weighted by atomic mass is 9.83. The summed E-state index contributed by atoms with van der Waals surface area (Å²) in [5.74, 6) is 0.678. The first kappa shape index (κ1) is 12.5. The molecule has 1 saturated heterocycles. The lowest BCUT2D eigenvalue weighted by Crippen LogP contribution is -2.37. The van der Waals surface area contributed by atoms with Crippen molar-refractivity contribution in [3.05, 3.63) is 22.8 Å². The Bertz CT molecular complexity index is 399. The van der Waals surface area contributed by atoms with Crippen molar-refractivity contribution >= 4 is 27.7 Å². The molecule has 0 radical (unpaired) electrons. The molecule has 1 aliphatic heterocycles. The molecular weight excluding hydrogens is 282 g/mol. The summed E-state index contributed by atoms with van der Waals surface area (Å²) in [6, 6.07) is 3.67. The molecule has 1 unspecified atom stereocenters. The van der Waals surface area contributed by atoms with Crippen LogP contribution in [-0.2, 0) is 4.79 Å². The molecule has 0 bridgehead atoms. The minimum atomic E-state index is -0.269. The topological polar surface area (TPSA) is 54.0 Å². The van der Waals surface area contributed by atoms with Gasteiger partial charge in [0.05, 0.1) is 5.41 Å². The number of rotatable bonds is 3. The summed E-state index contributed by atoms with van der Waals surface area (Å²) < 4.78 is 0.906. The number of carbonyl (C=O) groups is 1. The largest absolute Gasteiger partial charge is 0.316 e. The summed E-state index contributed by atoms with van der Waals surface area (Å²) in [6.45, 7) is 3.72. The highest BCUT2D eigenvalue weighted by atomic mass is 79.9. The molecule has 5 heteroatoms. The van der Waals surface area contributed by atoms with Crippen LogP contribution in [0.4, 0.5) is 5.82 Å². The fraction of sp³-hybridized carbons (Fsp3) is 0.500. The normalized spacial score (nSPS) is 23.6. The van der Waals surface area contributed by atoms with Crippen molar-refractivity contribution in [2.75, 3.05) is 18.4 Å². The molecule has 1 fully saturated rings. The smallest absolute Gasteiger partial charge is 0.233 e. The summed E-state index contributed by atoms with van der Waals surface area (Å²) >= 11 is 3.32. The summed E-state index contributed by atoms with van der Waals surface area (Å²) in [5, 5.41) is 6.14. The Labute approximate surface area is 109 Å². The molecule has 2 N–H and O–H groups in total. The third-order valence-electron chi connectivity index (χ3n) is 3.37. The first-order chi connectivity index (χ1) is 8.16. The molecule has 0 spiro atoms. The van der Waals surface area contributed by atoms with Gasteiger partial charge in [-0.2, -0.15) is 0 Å². The molecule has 4 nitrogen and oxygen atoms in total. The number of carbonyl (C=O) groups excluding carboxylic acids is 1. The van der Waals surface area contributed by atoms with Crippen molar-refractivity contribution in [1.82, 2.24) is 10.3 Å². The quantitative estimate of drug-likeness (QED) is 0.899. The van der Waals surface area contributed by atoms with Crippen LogP contribution in [0, 0.1) is 5.41 Å². The molecule has 1 atom stereocenters. The Kier molecular flexibility index (Phi) is 3.79. The Morgan fingerprint density at radius 3 is 3.00 bits per heavy atom. The molecule has 2 heterocycles. The predicted molar refractivity (Wildman–Crippen MR) is 70.8 cm³/mol. The number of anilines is 1. The minimum Gasteiger partial charge on any atom is -0.316 e. The van der Waals surface area contributed by atoms with E-state index in [9.17, 15) is 4.79 Å². The van der Waals surface area contributed by atoms with E-state index in [2.05, 4.69) is 38.5 Å². The number of nitrogens with one attached hydrogen (secondary N) is 2. The van der Waals surface area contributed by atoms with Crippen LogP contribution < -0.4 is 10.6 Å². The van der Waals surface area contributed by atoms with Crippen LogP contribution in [0.1, 0.15) is 19.8 Å². The zero-order valence-electron chi connectivity index (χ0n) is 9.79.